The van der Waals surface area contributed by atoms with Crippen molar-refractivity contribution in [3.63, 3.8) is 0 Å². The Balaban J connectivity index is 2.54. The van der Waals surface area contributed by atoms with Gasteiger partial charge in [-0.15, -0.1) is 0 Å². The molecule has 0 saturated heterocycles. The Morgan fingerprint density at radius 1 is 1.60 bits per heavy atom. The molecule has 1 aliphatic carbocycles. The minimum absolute atomic E-state index is 0.539. The third kappa shape index (κ3) is 1.75. The number of halogens is 1. The van der Waals surface area contributed by atoms with Crippen LogP contribution >= 0.6 is 15.9 Å². The summed E-state index contributed by atoms with van der Waals surface area (Å²) in [5.41, 5.74) is 9.30. The van der Waals surface area contributed by atoms with Crippen LogP contribution in [0.15, 0.2) is 15.2 Å². The summed E-state index contributed by atoms with van der Waals surface area (Å²) in [6, 6.07) is 0. The number of allylic oxidation sites excluding steroid dienone is 1. The van der Waals surface area contributed by atoms with Crippen LogP contribution in [-0.2, 0) is 0 Å². The van der Waals surface area contributed by atoms with Crippen molar-refractivity contribution in [1.82, 2.24) is 0 Å². The summed E-state index contributed by atoms with van der Waals surface area (Å²) in [5, 5.41) is 3.50. The topological polar surface area (TPSA) is 48.8 Å². The normalized spacial score (nSPS) is 17.3. The second-order valence-electron chi connectivity index (χ2n) is 2.25. The van der Waals surface area contributed by atoms with Gasteiger partial charge in [0.2, 0.25) is 0 Å². The Bertz CT molecular complexity index is 203. The van der Waals surface area contributed by atoms with E-state index in [-0.39, 0.29) is 0 Å². The lowest BCUT2D eigenvalue weighted by Crippen LogP contribution is -1.82. The minimum atomic E-state index is 0.539. The van der Waals surface area contributed by atoms with Gasteiger partial charge in [0.15, 0.2) is 0 Å². The van der Waals surface area contributed by atoms with E-state index in [9.17, 15) is 0 Å². The average Bonchev–Trinajstić information content (AvgIpc) is 2.31. The van der Waals surface area contributed by atoms with Gasteiger partial charge in [-0.2, -0.15) is 0 Å². The molecule has 0 aromatic rings. The maximum Gasteiger partial charge on any atom is 0.0480 e. The molecule has 0 N–H and O–H groups in total. The van der Waals surface area contributed by atoms with E-state index in [4.69, 9.17) is 5.53 Å². The van der Waals surface area contributed by atoms with Gasteiger partial charge in [-0.05, 0) is 29.3 Å². The summed E-state index contributed by atoms with van der Waals surface area (Å²) in [6.45, 7) is 0.539. The summed E-state index contributed by atoms with van der Waals surface area (Å²) in [5.74, 6) is 0. The summed E-state index contributed by atoms with van der Waals surface area (Å²) < 4.78 is 1.24. The van der Waals surface area contributed by atoms with Crippen molar-refractivity contribution in [2.24, 2.45) is 5.11 Å². The van der Waals surface area contributed by atoms with Gasteiger partial charge in [0.05, 0.1) is 0 Å². The Morgan fingerprint density at radius 3 is 2.90 bits per heavy atom. The zero-order valence-corrected chi connectivity index (χ0v) is 7.13. The lowest BCUT2D eigenvalue weighted by Gasteiger charge is -1.93. The van der Waals surface area contributed by atoms with Crippen LogP contribution in [0.4, 0.5) is 0 Å². The molecule has 0 spiro atoms. The SMILES string of the molecule is [N-]=[N+]=NCC1=C(Br)CCC1. The fraction of sp³-hybridized carbons (Fsp3) is 0.667. The molecule has 0 aromatic heterocycles. The van der Waals surface area contributed by atoms with Crippen molar-refractivity contribution in [2.45, 2.75) is 19.3 Å². The molecule has 0 aliphatic heterocycles. The predicted molar refractivity (Wildman–Crippen MR) is 43.8 cm³/mol. The second-order valence-corrected chi connectivity index (χ2v) is 3.21. The van der Waals surface area contributed by atoms with Crippen LogP contribution in [0.5, 0.6) is 0 Å². The minimum Gasteiger partial charge on any atom is -0.0896 e. The number of nitrogens with zero attached hydrogens (tertiary/aromatic N) is 3. The van der Waals surface area contributed by atoms with Gasteiger partial charge >= 0.3 is 0 Å². The van der Waals surface area contributed by atoms with Crippen molar-refractivity contribution in [3.8, 4) is 0 Å². The lowest BCUT2D eigenvalue weighted by atomic mass is 10.2. The van der Waals surface area contributed by atoms with Crippen LogP contribution in [0.1, 0.15) is 19.3 Å². The van der Waals surface area contributed by atoms with Gasteiger partial charge < -0.3 is 0 Å². The van der Waals surface area contributed by atoms with Crippen LogP contribution < -0.4 is 0 Å². The summed E-state index contributed by atoms with van der Waals surface area (Å²) in [6.07, 6.45) is 3.38. The van der Waals surface area contributed by atoms with Gasteiger partial charge in [0.25, 0.3) is 0 Å². The van der Waals surface area contributed by atoms with E-state index in [1.54, 1.807) is 0 Å². The molecule has 0 amide bonds. The molecule has 0 unspecified atom stereocenters. The molecular weight excluding hydrogens is 194 g/mol. The number of hydrogen-bond donors (Lipinski definition) is 0. The van der Waals surface area contributed by atoms with Gasteiger partial charge in [0.1, 0.15) is 0 Å². The zero-order valence-electron chi connectivity index (χ0n) is 5.55. The predicted octanol–water partition coefficient (Wildman–Crippen LogP) is 3.13. The lowest BCUT2D eigenvalue weighted by molar-refractivity contribution is 0.887. The van der Waals surface area contributed by atoms with Crippen molar-refractivity contribution in [3.05, 3.63) is 20.5 Å². The van der Waals surface area contributed by atoms with E-state index in [0.29, 0.717) is 6.54 Å². The fourth-order valence-corrected chi connectivity index (χ4v) is 1.66. The molecule has 0 atom stereocenters. The van der Waals surface area contributed by atoms with E-state index in [1.807, 2.05) is 0 Å². The number of azide groups is 1. The van der Waals surface area contributed by atoms with Crippen LogP contribution in [-0.4, -0.2) is 6.54 Å². The Kier molecular flexibility index (Phi) is 2.78. The van der Waals surface area contributed by atoms with E-state index in [0.717, 1.165) is 12.8 Å². The van der Waals surface area contributed by atoms with Crippen molar-refractivity contribution in [2.75, 3.05) is 6.54 Å². The molecule has 0 heterocycles. The first-order valence-corrected chi connectivity index (χ1v) is 4.01. The highest BCUT2D eigenvalue weighted by Gasteiger charge is 2.09. The van der Waals surface area contributed by atoms with Crippen LogP contribution in [0.3, 0.4) is 0 Å². The largest absolute Gasteiger partial charge is 0.0896 e. The molecule has 0 fully saturated rings. The van der Waals surface area contributed by atoms with E-state index < -0.39 is 0 Å². The Labute approximate surface area is 67.9 Å². The van der Waals surface area contributed by atoms with Gasteiger partial charge in [-0.1, -0.05) is 26.6 Å². The van der Waals surface area contributed by atoms with E-state index >= 15 is 0 Å². The smallest absolute Gasteiger partial charge is 0.0480 e. The molecule has 54 valence electrons. The highest BCUT2D eigenvalue weighted by atomic mass is 79.9. The number of rotatable bonds is 2. The first kappa shape index (κ1) is 7.63. The molecular formula is C6H8BrN3. The van der Waals surface area contributed by atoms with Crippen LogP contribution in [0.25, 0.3) is 10.4 Å². The van der Waals surface area contributed by atoms with E-state index in [2.05, 4.69) is 26.0 Å². The third-order valence-electron chi connectivity index (χ3n) is 1.58. The summed E-state index contributed by atoms with van der Waals surface area (Å²) in [4.78, 5) is 2.70. The fourth-order valence-electron chi connectivity index (χ4n) is 1.05. The van der Waals surface area contributed by atoms with Crippen molar-refractivity contribution < 1.29 is 0 Å². The Hall–Kier alpha value is -0.470. The Morgan fingerprint density at radius 2 is 2.40 bits per heavy atom. The molecule has 0 radical (unpaired) electrons. The highest BCUT2D eigenvalue weighted by Crippen LogP contribution is 2.30. The molecule has 3 nitrogen and oxygen atoms in total. The maximum absolute atomic E-state index is 8.03. The van der Waals surface area contributed by atoms with Crippen molar-refractivity contribution >= 4 is 15.9 Å². The van der Waals surface area contributed by atoms with Crippen molar-refractivity contribution in [1.29, 1.82) is 0 Å². The standard InChI is InChI=1S/C6H8BrN3/c7-6-3-1-2-5(6)4-9-10-8/h1-4H2. The molecule has 0 bridgehead atoms. The summed E-state index contributed by atoms with van der Waals surface area (Å²) in [7, 11) is 0. The van der Waals surface area contributed by atoms with Gasteiger partial charge in [-0.25, -0.2) is 0 Å². The molecule has 1 aliphatic rings. The molecule has 0 saturated carbocycles. The number of hydrogen-bond acceptors (Lipinski definition) is 1. The zero-order chi connectivity index (χ0) is 7.40. The van der Waals surface area contributed by atoms with Gasteiger partial charge in [-0.3, -0.25) is 0 Å². The highest BCUT2D eigenvalue weighted by molar-refractivity contribution is 9.11. The second kappa shape index (κ2) is 3.64. The first-order valence-electron chi connectivity index (χ1n) is 3.22. The first-order chi connectivity index (χ1) is 4.84. The molecule has 1 rings (SSSR count). The average molecular weight is 202 g/mol. The molecule has 0 aromatic carbocycles. The van der Waals surface area contributed by atoms with Crippen LogP contribution in [0.2, 0.25) is 0 Å². The van der Waals surface area contributed by atoms with E-state index in [1.165, 1.54) is 16.5 Å². The van der Waals surface area contributed by atoms with Crippen LogP contribution in [0, 0.1) is 0 Å². The quantitative estimate of drug-likeness (QED) is 0.375. The molecule has 4 heteroatoms. The monoisotopic (exact) mass is 201 g/mol. The summed E-state index contributed by atoms with van der Waals surface area (Å²) >= 11 is 3.43. The van der Waals surface area contributed by atoms with Gasteiger partial charge in [0, 0.05) is 11.5 Å². The third-order valence-corrected chi connectivity index (χ3v) is 2.54. The molecule has 10 heavy (non-hydrogen) atoms. The maximum atomic E-state index is 8.03.